The summed E-state index contributed by atoms with van der Waals surface area (Å²) in [6.45, 7) is 0. The lowest BCUT2D eigenvalue weighted by atomic mass is 9.98. The maximum Gasteiger partial charge on any atom is 0.0962 e. The van der Waals surface area contributed by atoms with Crippen LogP contribution in [-0.2, 0) is 25.0 Å². The largest absolute Gasteiger partial charge is 0.689 e. The summed E-state index contributed by atoms with van der Waals surface area (Å²) >= 11 is 0. The van der Waals surface area contributed by atoms with Gasteiger partial charge in [-0.15, -0.1) is 0 Å². The van der Waals surface area contributed by atoms with Gasteiger partial charge in [0.25, 0.3) is 0 Å². The van der Waals surface area contributed by atoms with Crippen LogP contribution in [0, 0.1) is 0 Å². The van der Waals surface area contributed by atoms with E-state index < -0.39 is 0 Å². The maximum atomic E-state index is 9.20. The number of hydrogen-bond acceptors (Lipinski definition) is 6. The van der Waals surface area contributed by atoms with Crippen molar-refractivity contribution in [1.82, 2.24) is 0 Å². The Morgan fingerprint density at radius 2 is 1.67 bits per heavy atom. The maximum absolute atomic E-state index is 9.20. The third kappa shape index (κ3) is 3.96. The molecule has 1 aliphatic rings. The lowest BCUT2D eigenvalue weighted by Crippen LogP contribution is -2.17. The molecule has 0 unspecified atom stereocenters. The minimum atomic E-state index is 0.0222. The molecule has 0 radical (unpaired) electrons. The molecule has 1 fully saturated rings. The second kappa shape index (κ2) is 6.30. The minimum absolute atomic E-state index is 0.0222. The molecule has 0 amide bonds. The SMILES string of the molecule is [O-]OOOOOC1CCCCC1. The highest BCUT2D eigenvalue weighted by molar-refractivity contribution is 4.62. The second-order valence-corrected chi connectivity index (χ2v) is 2.63. The van der Waals surface area contributed by atoms with E-state index in [1.807, 2.05) is 0 Å². The van der Waals surface area contributed by atoms with E-state index in [0.29, 0.717) is 0 Å². The van der Waals surface area contributed by atoms with Crippen molar-refractivity contribution in [2.75, 3.05) is 0 Å². The van der Waals surface area contributed by atoms with Crippen LogP contribution in [0.25, 0.3) is 0 Å². The fourth-order valence-electron chi connectivity index (χ4n) is 1.26. The number of rotatable bonds is 5. The van der Waals surface area contributed by atoms with Gasteiger partial charge in [-0.05, 0) is 28.0 Å². The van der Waals surface area contributed by atoms with Crippen molar-refractivity contribution in [3.8, 4) is 0 Å². The summed E-state index contributed by atoms with van der Waals surface area (Å²) in [4.78, 5) is 4.72. The third-order valence-electron chi connectivity index (χ3n) is 1.81. The van der Waals surface area contributed by atoms with Crippen LogP contribution in [0.1, 0.15) is 32.1 Å². The van der Waals surface area contributed by atoms with Crippen molar-refractivity contribution in [2.45, 2.75) is 38.2 Å². The molecule has 0 aromatic carbocycles. The molecule has 1 aliphatic carbocycles. The first-order valence-corrected chi connectivity index (χ1v) is 3.89. The van der Waals surface area contributed by atoms with Gasteiger partial charge in [-0.1, -0.05) is 19.3 Å². The first kappa shape index (κ1) is 9.85. The van der Waals surface area contributed by atoms with Gasteiger partial charge < -0.3 is 5.26 Å². The van der Waals surface area contributed by atoms with E-state index in [2.05, 4.69) is 20.2 Å². The topological polar surface area (TPSA) is 69.2 Å². The average molecular weight is 179 g/mol. The molecule has 0 aromatic rings. The summed E-state index contributed by atoms with van der Waals surface area (Å²) in [5.74, 6) is 0. The Morgan fingerprint density at radius 3 is 2.33 bits per heavy atom. The van der Waals surface area contributed by atoms with Gasteiger partial charge in [0.2, 0.25) is 0 Å². The molecule has 0 atom stereocenters. The predicted octanol–water partition coefficient (Wildman–Crippen LogP) is 0.337. The van der Waals surface area contributed by atoms with Gasteiger partial charge in [0, 0.05) is 0 Å². The van der Waals surface area contributed by atoms with Crippen molar-refractivity contribution in [2.24, 2.45) is 0 Å². The zero-order chi connectivity index (χ0) is 8.65. The van der Waals surface area contributed by atoms with Crippen molar-refractivity contribution >= 4 is 0 Å². The zero-order valence-corrected chi connectivity index (χ0v) is 6.56. The summed E-state index contributed by atoms with van der Waals surface area (Å²) in [5.41, 5.74) is 0. The van der Waals surface area contributed by atoms with E-state index in [4.69, 9.17) is 4.89 Å². The van der Waals surface area contributed by atoms with Crippen LogP contribution < -0.4 is 5.26 Å². The van der Waals surface area contributed by atoms with Gasteiger partial charge >= 0.3 is 0 Å². The molecule has 1 saturated carbocycles. The Labute approximate surface area is 69.6 Å². The highest BCUT2D eigenvalue weighted by atomic mass is 17.8. The molecule has 0 aromatic heterocycles. The van der Waals surface area contributed by atoms with Gasteiger partial charge in [0.05, 0.1) is 6.10 Å². The van der Waals surface area contributed by atoms with Crippen LogP contribution in [0.3, 0.4) is 0 Å². The summed E-state index contributed by atoms with van der Waals surface area (Å²) in [6, 6.07) is 0. The quantitative estimate of drug-likeness (QED) is 0.344. The highest BCUT2D eigenvalue weighted by Crippen LogP contribution is 2.20. The molecule has 0 spiro atoms. The van der Waals surface area contributed by atoms with Gasteiger partial charge in [-0.3, -0.25) is 5.04 Å². The molecule has 12 heavy (non-hydrogen) atoms. The first-order chi connectivity index (χ1) is 5.93. The first-order valence-electron chi connectivity index (χ1n) is 3.89. The van der Waals surface area contributed by atoms with Crippen LogP contribution in [0.2, 0.25) is 0 Å². The highest BCUT2D eigenvalue weighted by Gasteiger charge is 2.14. The van der Waals surface area contributed by atoms with Gasteiger partial charge in [0.1, 0.15) is 0 Å². The van der Waals surface area contributed by atoms with Crippen LogP contribution in [0.4, 0.5) is 0 Å². The normalized spacial score (nSPS) is 19.8. The zero-order valence-electron chi connectivity index (χ0n) is 6.56. The monoisotopic (exact) mass is 179 g/mol. The van der Waals surface area contributed by atoms with E-state index in [-0.39, 0.29) is 6.10 Å². The molecule has 0 saturated heterocycles. The summed E-state index contributed by atoms with van der Waals surface area (Å²) in [5, 5.41) is 23.3. The molecular weight excluding hydrogens is 168 g/mol. The lowest BCUT2D eigenvalue weighted by Gasteiger charge is -2.18. The van der Waals surface area contributed by atoms with Crippen LogP contribution >= 0.6 is 0 Å². The fraction of sp³-hybridized carbons (Fsp3) is 1.00. The Balaban J connectivity index is 1.91. The lowest BCUT2D eigenvalue weighted by molar-refractivity contribution is -0.890. The summed E-state index contributed by atoms with van der Waals surface area (Å²) < 4.78 is 0. The van der Waals surface area contributed by atoms with E-state index in [1.165, 1.54) is 6.42 Å². The van der Waals surface area contributed by atoms with Crippen LogP contribution in [0.5, 0.6) is 0 Å². The van der Waals surface area contributed by atoms with E-state index in [1.54, 1.807) is 0 Å². The van der Waals surface area contributed by atoms with Crippen LogP contribution in [-0.4, -0.2) is 6.10 Å². The smallest absolute Gasteiger partial charge is 0.0962 e. The Bertz CT molecular complexity index is 102. The Morgan fingerprint density at radius 1 is 0.917 bits per heavy atom. The van der Waals surface area contributed by atoms with E-state index in [0.717, 1.165) is 25.7 Å². The molecule has 6 heteroatoms. The third-order valence-corrected chi connectivity index (χ3v) is 1.81. The minimum Gasteiger partial charge on any atom is -0.689 e. The molecule has 1 rings (SSSR count). The number of hydrogen-bond donors (Lipinski definition) is 0. The average Bonchev–Trinajstić information content (AvgIpc) is 2.14. The van der Waals surface area contributed by atoms with E-state index >= 15 is 0 Å². The van der Waals surface area contributed by atoms with Gasteiger partial charge in [-0.2, -0.15) is 0 Å². The molecule has 0 bridgehead atoms. The Hall–Kier alpha value is -0.240. The van der Waals surface area contributed by atoms with Crippen molar-refractivity contribution in [3.05, 3.63) is 0 Å². The van der Waals surface area contributed by atoms with Crippen molar-refractivity contribution in [3.63, 3.8) is 0 Å². The Kier molecular flexibility index (Phi) is 5.16. The van der Waals surface area contributed by atoms with Gasteiger partial charge in [0.15, 0.2) is 0 Å². The molecule has 72 valence electrons. The van der Waals surface area contributed by atoms with Gasteiger partial charge in [-0.25, -0.2) is 4.89 Å². The summed E-state index contributed by atoms with van der Waals surface area (Å²) in [7, 11) is 0. The van der Waals surface area contributed by atoms with E-state index in [9.17, 15) is 5.26 Å². The van der Waals surface area contributed by atoms with Crippen LogP contribution in [0.15, 0.2) is 0 Å². The predicted molar refractivity (Wildman–Crippen MR) is 32.3 cm³/mol. The molecule has 0 N–H and O–H groups in total. The molecule has 6 nitrogen and oxygen atoms in total. The van der Waals surface area contributed by atoms with Crippen molar-refractivity contribution < 1.29 is 30.3 Å². The molecule has 0 heterocycles. The molecule has 0 aliphatic heterocycles. The second-order valence-electron chi connectivity index (χ2n) is 2.63. The molecular formula is C6H11O6-. The summed E-state index contributed by atoms with van der Waals surface area (Å²) in [6.07, 6.45) is 5.35. The standard InChI is InChI=1S/C6H12O6/c7-9-11-12-10-8-6-4-2-1-3-5-6/h6-7H,1-5H2/p-1. The van der Waals surface area contributed by atoms with Crippen molar-refractivity contribution in [1.29, 1.82) is 0 Å². The fourth-order valence-corrected chi connectivity index (χ4v) is 1.26.